The normalized spacial score (nSPS) is 17.2. The van der Waals surface area contributed by atoms with Gasteiger partial charge in [0.1, 0.15) is 6.33 Å². The molecule has 0 spiro atoms. The Balaban J connectivity index is 1.96. The van der Waals surface area contributed by atoms with E-state index in [0.717, 1.165) is 37.8 Å². The van der Waals surface area contributed by atoms with Gasteiger partial charge >= 0.3 is 0 Å². The van der Waals surface area contributed by atoms with Crippen molar-refractivity contribution in [3.8, 4) is 0 Å². The molecule has 0 atom stereocenters. The van der Waals surface area contributed by atoms with E-state index in [1.165, 1.54) is 0 Å². The zero-order valence-electron chi connectivity index (χ0n) is 8.30. The molecule has 2 aromatic rings. The van der Waals surface area contributed by atoms with Crippen LogP contribution in [0.15, 0.2) is 18.6 Å². The van der Waals surface area contributed by atoms with Gasteiger partial charge in [-0.1, -0.05) is 0 Å². The summed E-state index contributed by atoms with van der Waals surface area (Å²) in [6.45, 7) is 3.91. The predicted molar refractivity (Wildman–Crippen MR) is 55.9 cm³/mol. The minimum atomic E-state index is 0.796. The number of aromatic nitrogens is 4. The Hall–Kier alpha value is -1.69. The Bertz CT molecular complexity index is 425. The SMILES string of the molecule is c1cc2nc(N3CCNCC3)nn2cn1. The van der Waals surface area contributed by atoms with E-state index in [1.54, 1.807) is 17.0 Å². The van der Waals surface area contributed by atoms with Crippen LogP contribution in [-0.2, 0) is 0 Å². The molecule has 15 heavy (non-hydrogen) atoms. The topological polar surface area (TPSA) is 58.4 Å². The van der Waals surface area contributed by atoms with Crippen molar-refractivity contribution in [3.63, 3.8) is 0 Å². The Kier molecular flexibility index (Phi) is 1.99. The lowest BCUT2D eigenvalue weighted by molar-refractivity contribution is 0.579. The van der Waals surface area contributed by atoms with Gasteiger partial charge in [0.2, 0.25) is 5.95 Å². The quantitative estimate of drug-likeness (QED) is 0.680. The van der Waals surface area contributed by atoms with Crippen molar-refractivity contribution in [2.24, 2.45) is 0 Å². The Morgan fingerprint density at radius 3 is 2.93 bits per heavy atom. The summed E-state index contributed by atoms with van der Waals surface area (Å²) < 4.78 is 1.71. The van der Waals surface area contributed by atoms with Crippen LogP contribution in [0.5, 0.6) is 0 Å². The number of piperazine rings is 1. The van der Waals surface area contributed by atoms with Gasteiger partial charge in [-0.2, -0.15) is 4.98 Å². The van der Waals surface area contributed by atoms with E-state index in [1.807, 2.05) is 6.07 Å². The second kappa shape index (κ2) is 3.47. The fourth-order valence-electron chi connectivity index (χ4n) is 1.73. The molecular formula is C9H12N6. The van der Waals surface area contributed by atoms with Crippen LogP contribution in [0.2, 0.25) is 0 Å². The van der Waals surface area contributed by atoms with Gasteiger partial charge in [0.25, 0.3) is 0 Å². The zero-order chi connectivity index (χ0) is 10.1. The molecule has 1 aliphatic heterocycles. The van der Waals surface area contributed by atoms with Gasteiger partial charge in [-0.15, -0.1) is 5.10 Å². The minimum absolute atomic E-state index is 0.796. The van der Waals surface area contributed by atoms with Gasteiger partial charge in [0.15, 0.2) is 5.65 Å². The molecule has 6 heteroatoms. The summed E-state index contributed by atoms with van der Waals surface area (Å²) in [5.74, 6) is 0.796. The first-order valence-electron chi connectivity index (χ1n) is 5.05. The zero-order valence-corrected chi connectivity index (χ0v) is 8.30. The van der Waals surface area contributed by atoms with Gasteiger partial charge in [0.05, 0.1) is 0 Å². The number of fused-ring (bicyclic) bond motifs is 1. The maximum atomic E-state index is 4.45. The maximum absolute atomic E-state index is 4.45. The number of nitrogens with zero attached hydrogens (tertiary/aromatic N) is 5. The van der Waals surface area contributed by atoms with Crippen LogP contribution in [0.4, 0.5) is 5.95 Å². The van der Waals surface area contributed by atoms with Crippen molar-refractivity contribution >= 4 is 11.6 Å². The fourth-order valence-corrected chi connectivity index (χ4v) is 1.73. The first-order chi connectivity index (χ1) is 7.43. The summed E-state index contributed by atoms with van der Waals surface area (Å²) in [5.41, 5.74) is 0.846. The standard InChI is InChI=1S/C9H12N6/c1-2-11-7-15-8(1)12-9(13-15)14-5-3-10-4-6-14/h1-2,7,10H,3-6H2. The highest BCUT2D eigenvalue weighted by atomic mass is 15.4. The molecule has 0 radical (unpaired) electrons. The van der Waals surface area contributed by atoms with E-state index in [9.17, 15) is 0 Å². The summed E-state index contributed by atoms with van der Waals surface area (Å²) in [7, 11) is 0. The summed E-state index contributed by atoms with van der Waals surface area (Å²) in [6, 6.07) is 1.86. The van der Waals surface area contributed by atoms with E-state index in [0.29, 0.717) is 0 Å². The second-order valence-electron chi connectivity index (χ2n) is 3.53. The minimum Gasteiger partial charge on any atom is -0.337 e. The summed E-state index contributed by atoms with van der Waals surface area (Å²) in [6.07, 6.45) is 3.40. The van der Waals surface area contributed by atoms with Crippen LogP contribution >= 0.6 is 0 Å². The molecule has 3 heterocycles. The number of hydrogen-bond acceptors (Lipinski definition) is 5. The van der Waals surface area contributed by atoms with Crippen molar-refractivity contribution < 1.29 is 0 Å². The summed E-state index contributed by atoms with van der Waals surface area (Å²) in [4.78, 5) is 10.6. The number of rotatable bonds is 1. The summed E-state index contributed by atoms with van der Waals surface area (Å²) >= 11 is 0. The van der Waals surface area contributed by atoms with Gasteiger partial charge in [-0.25, -0.2) is 9.50 Å². The van der Waals surface area contributed by atoms with Crippen molar-refractivity contribution in [2.75, 3.05) is 31.1 Å². The summed E-state index contributed by atoms with van der Waals surface area (Å²) in [5, 5.41) is 7.68. The molecule has 3 rings (SSSR count). The van der Waals surface area contributed by atoms with Gasteiger partial charge in [0, 0.05) is 38.4 Å². The molecule has 0 saturated carbocycles. The van der Waals surface area contributed by atoms with E-state index >= 15 is 0 Å². The van der Waals surface area contributed by atoms with Crippen LogP contribution in [0, 0.1) is 0 Å². The number of nitrogens with one attached hydrogen (secondary N) is 1. The van der Waals surface area contributed by atoms with Gasteiger partial charge < -0.3 is 10.2 Å². The van der Waals surface area contributed by atoms with E-state index < -0.39 is 0 Å². The Labute approximate surface area is 86.9 Å². The van der Waals surface area contributed by atoms with Crippen LogP contribution in [-0.4, -0.2) is 45.8 Å². The third-order valence-electron chi connectivity index (χ3n) is 2.53. The lowest BCUT2D eigenvalue weighted by Crippen LogP contribution is -2.44. The molecule has 2 aromatic heterocycles. The third-order valence-corrected chi connectivity index (χ3v) is 2.53. The first kappa shape index (κ1) is 8.60. The molecule has 1 aliphatic rings. The smallest absolute Gasteiger partial charge is 0.245 e. The highest BCUT2D eigenvalue weighted by molar-refractivity contribution is 5.43. The molecular weight excluding hydrogens is 192 g/mol. The Morgan fingerprint density at radius 2 is 2.13 bits per heavy atom. The second-order valence-corrected chi connectivity index (χ2v) is 3.53. The van der Waals surface area contributed by atoms with Crippen molar-refractivity contribution in [1.29, 1.82) is 0 Å². The average Bonchev–Trinajstić information content (AvgIpc) is 2.74. The average molecular weight is 204 g/mol. The first-order valence-corrected chi connectivity index (χ1v) is 5.05. The molecule has 1 fully saturated rings. The molecule has 1 saturated heterocycles. The van der Waals surface area contributed by atoms with Crippen molar-refractivity contribution in [1.82, 2.24) is 24.9 Å². The molecule has 0 aliphatic carbocycles. The van der Waals surface area contributed by atoms with Crippen molar-refractivity contribution in [2.45, 2.75) is 0 Å². The highest BCUT2D eigenvalue weighted by Gasteiger charge is 2.14. The maximum Gasteiger partial charge on any atom is 0.245 e. The monoisotopic (exact) mass is 204 g/mol. The van der Waals surface area contributed by atoms with Crippen molar-refractivity contribution in [3.05, 3.63) is 18.6 Å². The van der Waals surface area contributed by atoms with Crippen LogP contribution < -0.4 is 10.2 Å². The molecule has 1 N–H and O–H groups in total. The predicted octanol–water partition coefficient (Wildman–Crippen LogP) is -0.466. The van der Waals surface area contributed by atoms with Crippen LogP contribution in [0.1, 0.15) is 0 Å². The van der Waals surface area contributed by atoms with E-state index in [-0.39, 0.29) is 0 Å². The Morgan fingerprint density at radius 1 is 1.27 bits per heavy atom. The van der Waals surface area contributed by atoms with Crippen LogP contribution in [0.25, 0.3) is 5.65 Å². The lowest BCUT2D eigenvalue weighted by Gasteiger charge is -2.25. The number of hydrogen-bond donors (Lipinski definition) is 1. The highest BCUT2D eigenvalue weighted by Crippen LogP contribution is 2.09. The van der Waals surface area contributed by atoms with Gasteiger partial charge in [-0.3, -0.25) is 0 Å². The molecule has 0 aromatic carbocycles. The molecule has 78 valence electrons. The largest absolute Gasteiger partial charge is 0.337 e. The molecule has 0 unspecified atom stereocenters. The molecule has 0 bridgehead atoms. The molecule has 0 amide bonds. The van der Waals surface area contributed by atoms with E-state index in [4.69, 9.17) is 0 Å². The lowest BCUT2D eigenvalue weighted by atomic mass is 10.4. The van der Waals surface area contributed by atoms with E-state index in [2.05, 4.69) is 25.3 Å². The van der Waals surface area contributed by atoms with Crippen LogP contribution in [0.3, 0.4) is 0 Å². The third kappa shape index (κ3) is 1.52. The number of anilines is 1. The fraction of sp³-hybridized carbons (Fsp3) is 0.444. The molecule has 6 nitrogen and oxygen atoms in total. The van der Waals surface area contributed by atoms with Gasteiger partial charge in [-0.05, 0) is 0 Å².